The van der Waals surface area contributed by atoms with E-state index in [4.69, 9.17) is 10.4 Å². The highest BCUT2D eigenvalue weighted by atomic mass is 16.3. The summed E-state index contributed by atoms with van der Waals surface area (Å²) in [5.41, 5.74) is -0.671. The van der Waals surface area contributed by atoms with Gasteiger partial charge in [-0.15, -0.1) is 0 Å². The number of rotatable bonds is 6. The van der Waals surface area contributed by atoms with Crippen LogP contribution >= 0.6 is 0 Å². The van der Waals surface area contributed by atoms with Crippen LogP contribution in [0.5, 0.6) is 0 Å². The van der Waals surface area contributed by atoms with Crippen LogP contribution in [0.25, 0.3) is 0 Å². The van der Waals surface area contributed by atoms with Gasteiger partial charge in [0.2, 0.25) is 0 Å². The van der Waals surface area contributed by atoms with E-state index in [-0.39, 0.29) is 12.5 Å². The molecule has 1 aliphatic carbocycles. The molecule has 0 aromatic carbocycles. The normalized spacial score (nSPS) is 20.3. The summed E-state index contributed by atoms with van der Waals surface area (Å²) in [5.74, 6) is 0.637. The van der Waals surface area contributed by atoms with Crippen LogP contribution < -0.4 is 0 Å². The molecule has 1 atom stereocenters. The first-order valence-electron chi connectivity index (χ1n) is 6.16. The number of carbonyl (C=O) groups is 1. The molecule has 0 bridgehead atoms. The molecule has 1 rings (SSSR count). The monoisotopic (exact) mass is 223 g/mol. The predicted molar refractivity (Wildman–Crippen MR) is 61.6 cm³/mol. The number of aliphatic hydroxyl groups is 1. The second-order valence-electron chi connectivity index (χ2n) is 5.13. The van der Waals surface area contributed by atoms with Crippen molar-refractivity contribution in [2.45, 2.75) is 51.9 Å². The van der Waals surface area contributed by atoms with Crippen LogP contribution in [0.4, 0.5) is 0 Å². The van der Waals surface area contributed by atoms with E-state index < -0.39 is 5.41 Å². The molecule has 0 amide bonds. The Hall–Kier alpha value is -0.880. The van der Waals surface area contributed by atoms with E-state index >= 15 is 0 Å². The number of ketones is 1. The molecular weight excluding hydrogens is 202 g/mol. The molecule has 0 heterocycles. The van der Waals surface area contributed by atoms with Crippen LogP contribution in [-0.2, 0) is 4.79 Å². The Bertz CT molecular complexity index is 276. The first-order valence-corrected chi connectivity index (χ1v) is 6.16. The molecular formula is C13H21NO2. The summed E-state index contributed by atoms with van der Waals surface area (Å²) in [6.45, 7) is 1.62. The lowest BCUT2D eigenvalue weighted by atomic mass is 9.86. The van der Waals surface area contributed by atoms with E-state index in [1.807, 2.05) is 0 Å². The third-order valence-corrected chi connectivity index (χ3v) is 3.58. The van der Waals surface area contributed by atoms with Crippen LogP contribution in [0.15, 0.2) is 0 Å². The van der Waals surface area contributed by atoms with Crippen LogP contribution in [0.2, 0.25) is 0 Å². The summed E-state index contributed by atoms with van der Waals surface area (Å²) < 4.78 is 0. The van der Waals surface area contributed by atoms with E-state index in [1.54, 1.807) is 6.92 Å². The van der Waals surface area contributed by atoms with Crippen LogP contribution in [0.3, 0.4) is 0 Å². The predicted octanol–water partition coefficient (Wildman–Crippen LogP) is 2.44. The highest BCUT2D eigenvalue weighted by Gasteiger charge is 2.25. The van der Waals surface area contributed by atoms with Crippen molar-refractivity contribution < 1.29 is 9.90 Å². The number of hydrogen-bond donors (Lipinski definition) is 1. The molecule has 1 N–H and O–H groups in total. The third-order valence-electron chi connectivity index (χ3n) is 3.58. The number of aliphatic hydroxyl groups excluding tert-OH is 1. The fraction of sp³-hybridized carbons (Fsp3) is 0.846. The molecule has 90 valence electrons. The third kappa shape index (κ3) is 3.61. The van der Waals surface area contributed by atoms with Crippen molar-refractivity contribution in [2.24, 2.45) is 11.3 Å². The minimum Gasteiger partial charge on any atom is -0.395 e. The molecule has 16 heavy (non-hydrogen) atoms. The fourth-order valence-corrected chi connectivity index (χ4v) is 2.28. The second kappa shape index (κ2) is 6.00. The van der Waals surface area contributed by atoms with Crippen LogP contribution in [0.1, 0.15) is 51.9 Å². The summed E-state index contributed by atoms with van der Waals surface area (Å²) in [5, 5.41) is 17.9. The Balaban J connectivity index is 2.24. The van der Waals surface area contributed by atoms with Crippen molar-refractivity contribution in [2.75, 3.05) is 6.61 Å². The summed E-state index contributed by atoms with van der Waals surface area (Å²) in [6.07, 6.45) is 6.37. The molecule has 1 unspecified atom stereocenters. The van der Waals surface area contributed by atoms with Crippen LogP contribution in [-0.4, -0.2) is 17.5 Å². The zero-order valence-corrected chi connectivity index (χ0v) is 10.0. The van der Waals surface area contributed by atoms with Gasteiger partial charge < -0.3 is 5.11 Å². The largest absolute Gasteiger partial charge is 0.395 e. The Morgan fingerprint density at radius 3 is 2.62 bits per heavy atom. The number of Topliss-reactive ketones (excluding diaryl/α,β-unsaturated/α-hetero) is 1. The van der Waals surface area contributed by atoms with E-state index in [1.165, 1.54) is 12.8 Å². The molecule has 1 fully saturated rings. The van der Waals surface area contributed by atoms with Gasteiger partial charge in [-0.2, -0.15) is 5.26 Å². The van der Waals surface area contributed by atoms with E-state index in [9.17, 15) is 4.79 Å². The zero-order valence-electron chi connectivity index (χ0n) is 10.0. The van der Waals surface area contributed by atoms with Gasteiger partial charge in [0.05, 0.1) is 18.1 Å². The maximum Gasteiger partial charge on any atom is 0.135 e. The quantitative estimate of drug-likeness (QED) is 0.752. The number of hydrogen-bond acceptors (Lipinski definition) is 3. The van der Waals surface area contributed by atoms with Crippen LogP contribution in [0, 0.1) is 22.7 Å². The van der Waals surface area contributed by atoms with Crippen molar-refractivity contribution in [1.29, 1.82) is 5.26 Å². The lowest BCUT2D eigenvalue weighted by Gasteiger charge is -2.18. The zero-order chi connectivity index (χ0) is 12.0. The average molecular weight is 223 g/mol. The van der Waals surface area contributed by atoms with Crippen molar-refractivity contribution >= 4 is 5.78 Å². The first-order chi connectivity index (χ1) is 7.61. The number of nitrogens with zero attached hydrogens (tertiary/aromatic N) is 1. The molecule has 0 saturated heterocycles. The number of nitriles is 1. The molecule has 3 nitrogen and oxygen atoms in total. The Kier molecular flexibility index (Phi) is 4.95. The lowest BCUT2D eigenvalue weighted by molar-refractivity contribution is -0.122. The van der Waals surface area contributed by atoms with Crippen molar-refractivity contribution in [3.8, 4) is 6.07 Å². The van der Waals surface area contributed by atoms with Gasteiger partial charge in [-0.1, -0.05) is 12.8 Å². The van der Waals surface area contributed by atoms with E-state index in [2.05, 4.69) is 6.07 Å². The van der Waals surface area contributed by atoms with Gasteiger partial charge in [0, 0.05) is 12.3 Å². The molecule has 0 aromatic heterocycles. The van der Waals surface area contributed by atoms with Gasteiger partial charge in [0.25, 0.3) is 0 Å². The Labute approximate surface area is 97.5 Å². The fourth-order valence-electron chi connectivity index (χ4n) is 2.28. The standard InChI is InChI=1S/C13H21NO2/c1-13(9-14,10-15)8-4-7-12(16)11-5-2-3-6-11/h11,15H,2-8,10H2,1H3. The maximum absolute atomic E-state index is 11.8. The summed E-state index contributed by atoms with van der Waals surface area (Å²) in [7, 11) is 0. The van der Waals surface area contributed by atoms with Gasteiger partial charge in [-0.3, -0.25) is 4.79 Å². The molecule has 3 heteroatoms. The molecule has 1 aliphatic rings. The molecule has 0 aliphatic heterocycles. The van der Waals surface area contributed by atoms with Crippen molar-refractivity contribution in [3.05, 3.63) is 0 Å². The molecule has 0 radical (unpaired) electrons. The highest BCUT2D eigenvalue weighted by Crippen LogP contribution is 2.28. The highest BCUT2D eigenvalue weighted by molar-refractivity contribution is 5.81. The molecule has 0 aromatic rings. The summed E-state index contributed by atoms with van der Waals surface area (Å²) in [6, 6.07) is 2.11. The van der Waals surface area contributed by atoms with Gasteiger partial charge in [0.15, 0.2) is 0 Å². The maximum atomic E-state index is 11.8. The minimum absolute atomic E-state index is 0.124. The van der Waals surface area contributed by atoms with Crippen molar-refractivity contribution in [1.82, 2.24) is 0 Å². The minimum atomic E-state index is -0.671. The molecule has 1 saturated carbocycles. The first kappa shape index (κ1) is 13.2. The van der Waals surface area contributed by atoms with Crippen molar-refractivity contribution in [3.63, 3.8) is 0 Å². The SMILES string of the molecule is CC(C#N)(CO)CCCC(=O)C1CCCC1. The van der Waals surface area contributed by atoms with Gasteiger partial charge in [-0.05, 0) is 32.6 Å². The smallest absolute Gasteiger partial charge is 0.135 e. The summed E-state index contributed by atoms with van der Waals surface area (Å²) >= 11 is 0. The molecule has 0 spiro atoms. The summed E-state index contributed by atoms with van der Waals surface area (Å²) in [4.78, 5) is 11.8. The van der Waals surface area contributed by atoms with Gasteiger partial charge >= 0.3 is 0 Å². The topological polar surface area (TPSA) is 61.1 Å². The van der Waals surface area contributed by atoms with Gasteiger partial charge in [0.1, 0.15) is 5.78 Å². The average Bonchev–Trinajstić information content (AvgIpc) is 2.82. The number of carbonyl (C=O) groups excluding carboxylic acids is 1. The lowest BCUT2D eigenvalue weighted by Crippen LogP contribution is -2.20. The Morgan fingerprint density at radius 1 is 1.50 bits per heavy atom. The van der Waals surface area contributed by atoms with E-state index in [0.717, 1.165) is 19.3 Å². The Morgan fingerprint density at radius 2 is 2.12 bits per heavy atom. The van der Waals surface area contributed by atoms with Gasteiger partial charge in [-0.25, -0.2) is 0 Å². The second-order valence-corrected chi connectivity index (χ2v) is 5.13. The van der Waals surface area contributed by atoms with E-state index in [0.29, 0.717) is 18.6 Å².